The molecule has 0 bridgehead atoms. The van der Waals surface area contributed by atoms with Crippen LogP contribution in [0.1, 0.15) is 103 Å². The molecule has 1 unspecified atom stereocenters. The molecule has 0 amide bonds. The quantitative estimate of drug-likeness (QED) is 0.137. The zero-order valence-electron chi connectivity index (χ0n) is 18.0. The first-order valence-electron chi connectivity index (χ1n) is 10.1. The first-order chi connectivity index (χ1) is 12.1. The van der Waals surface area contributed by atoms with Gasteiger partial charge in [0.05, 0.1) is 0 Å². The topological polar surface area (TPSA) is 80.3 Å². The molecule has 6 heteroatoms. The van der Waals surface area contributed by atoms with Gasteiger partial charge >= 0.3 is 103 Å². The summed E-state index contributed by atoms with van der Waals surface area (Å²) in [6.45, 7) is 2.25. The Labute approximate surface area is 251 Å². The Balaban J connectivity index is -0.00000288. The van der Waals surface area contributed by atoms with Crippen LogP contribution in [0.5, 0.6) is 0 Å². The van der Waals surface area contributed by atoms with Crippen LogP contribution in [0.15, 0.2) is 12.2 Å². The second kappa shape index (κ2) is 26.0. The summed E-state index contributed by atoms with van der Waals surface area (Å²) in [5.41, 5.74) is 0. The van der Waals surface area contributed by atoms with Gasteiger partial charge < -0.3 is 19.8 Å². The number of hydrogen-bond acceptors (Lipinski definition) is 4. The maximum atomic E-state index is 10.8. The first kappa shape index (κ1) is 33.6. The van der Waals surface area contributed by atoms with E-state index in [1.54, 1.807) is 6.08 Å². The Morgan fingerprint density at radius 1 is 0.741 bits per heavy atom. The molecule has 0 aliphatic rings. The van der Waals surface area contributed by atoms with Crippen molar-refractivity contribution < 1.29 is 123 Å². The molecule has 1 atom stereocenters. The van der Waals surface area contributed by atoms with Crippen LogP contribution in [0.2, 0.25) is 0 Å². The van der Waals surface area contributed by atoms with Crippen molar-refractivity contribution in [2.75, 3.05) is 0 Å². The normalized spacial score (nSPS) is 11.6. The standard InChI is InChI=1S/C21H38O4.2K/c1-2-3-4-5-6-7-8-9-10-11-12-13-14-15-16-17-19(21(24)25)18-20(22)23;;/h16-17,19H,2-15,18H2,1H3,(H,22,23)(H,24,25);;/q;2*+1/p-2/b17-16+;;. The fraction of sp³-hybridized carbons (Fsp3) is 0.810. The van der Waals surface area contributed by atoms with Crippen LogP contribution in [0.3, 0.4) is 0 Å². The molecule has 0 aromatic heterocycles. The van der Waals surface area contributed by atoms with E-state index in [0.29, 0.717) is 0 Å². The maximum Gasteiger partial charge on any atom is 1.00 e. The predicted octanol–water partition coefficient (Wildman–Crippen LogP) is -2.46. The van der Waals surface area contributed by atoms with Crippen molar-refractivity contribution in [3.8, 4) is 0 Å². The van der Waals surface area contributed by atoms with E-state index in [2.05, 4.69) is 6.92 Å². The van der Waals surface area contributed by atoms with Crippen LogP contribution in [0.25, 0.3) is 0 Å². The zero-order chi connectivity index (χ0) is 18.8. The second-order valence-electron chi connectivity index (χ2n) is 6.96. The van der Waals surface area contributed by atoms with E-state index in [1.807, 2.05) is 0 Å². The van der Waals surface area contributed by atoms with Gasteiger partial charge in [0.25, 0.3) is 0 Å². The van der Waals surface area contributed by atoms with E-state index >= 15 is 0 Å². The number of carbonyl (C=O) groups is 2. The first-order valence-corrected chi connectivity index (χ1v) is 10.1. The van der Waals surface area contributed by atoms with Crippen molar-refractivity contribution in [1.82, 2.24) is 0 Å². The molecule has 0 radical (unpaired) electrons. The third-order valence-corrected chi connectivity index (χ3v) is 4.53. The molecule has 0 aliphatic heterocycles. The average Bonchev–Trinajstić information content (AvgIpc) is 2.56. The predicted molar refractivity (Wildman–Crippen MR) is 97.6 cm³/mol. The van der Waals surface area contributed by atoms with Gasteiger partial charge in [-0.15, -0.1) is 0 Å². The minimum Gasteiger partial charge on any atom is -0.550 e. The summed E-state index contributed by atoms with van der Waals surface area (Å²) in [6.07, 6.45) is 20.3. The Hall–Kier alpha value is 1.95. The summed E-state index contributed by atoms with van der Waals surface area (Å²) in [7, 11) is 0. The molecule has 0 aliphatic carbocycles. The van der Waals surface area contributed by atoms with Crippen molar-refractivity contribution in [3.05, 3.63) is 12.2 Å². The molecule has 0 N–H and O–H groups in total. The molecule has 0 spiro atoms. The van der Waals surface area contributed by atoms with Crippen molar-refractivity contribution in [3.63, 3.8) is 0 Å². The molecule has 0 saturated heterocycles. The molecule has 0 aromatic rings. The van der Waals surface area contributed by atoms with Gasteiger partial charge in [-0.3, -0.25) is 0 Å². The summed E-state index contributed by atoms with van der Waals surface area (Å²) in [4.78, 5) is 21.2. The number of carboxylic acid groups (broad SMARTS) is 2. The molecule has 0 rings (SSSR count). The van der Waals surface area contributed by atoms with Crippen LogP contribution in [-0.4, -0.2) is 11.9 Å². The molecule has 0 saturated carbocycles. The van der Waals surface area contributed by atoms with Crippen LogP contribution in [0, 0.1) is 5.92 Å². The monoisotopic (exact) mass is 430 g/mol. The van der Waals surface area contributed by atoms with Gasteiger partial charge in [-0.25, -0.2) is 0 Å². The fourth-order valence-electron chi connectivity index (χ4n) is 2.95. The minimum atomic E-state index is -1.36. The number of carbonyl (C=O) groups excluding carboxylic acids is 2. The van der Waals surface area contributed by atoms with Gasteiger partial charge in [-0.05, 0) is 19.3 Å². The molecule has 0 fully saturated rings. The third kappa shape index (κ3) is 25.9. The number of aliphatic carboxylic acids is 2. The zero-order valence-corrected chi connectivity index (χ0v) is 24.2. The molecule has 0 aromatic carbocycles. The van der Waals surface area contributed by atoms with Crippen LogP contribution >= 0.6 is 0 Å². The van der Waals surface area contributed by atoms with Crippen LogP contribution in [0.4, 0.5) is 0 Å². The van der Waals surface area contributed by atoms with Gasteiger partial charge in [-0.1, -0.05) is 96.1 Å². The largest absolute Gasteiger partial charge is 1.00 e. The van der Waals surface area contributed by atoms with E-state index in [4.69, 9.17) is 0 Å². The second-order valence-corrected chi connectivity index (χ2v) is 6.96. The summed E-state index contributed by atoms with van der Waals surface area (Å²) in [5, 5.41) is 21.2. The van der Waals surface area contributed by atoms with Gasteiger partial charge in [0.15, 0.2) is 0 Å². The Morgan fingerprint density at radius 2 is 1.15 bits per heavy atom. The Morgan fingerprint density at radius 3 is 1.52 bits per heavy atom. The van der Waals surface area contributed by atoms with Gasteiger partial charge in [0, 0.05) is 17.9 Å². The van der Waals surface area contributed by atoms with Gasteiger partial charge in [0.1, 0.15) is 0 Å². The Bertz CT molecular complexity index is 373. The number of hydrogen-bond donors (Lipinski definition) is 0. The average molecular weight is 431 g/mol. The molecule has 4 nitrogen and oxygen atoms in total. The van der Waals surface area contributed by atoms with E-state index < -0.39 is 24.3 Å². The molecule has 146 valence electrons. The summed E-state index contributed by atoms with van der Waals surface area (Å²) in [6, 6.07) is 0. The summed E-state index contributed by atoms with van der Waals surface area (Å²) in [5.74, 6) is -3.79. The maximum absolute atomic E-state index is 10.8. The summed E-state index contributed by atoms with van der Waals surface area (Å²) >= 11 is 0. The molecule has 27 heavy (non-hydrogen) atoms. The van der Waals surface area contributed by atoms with E-state index in [-0.39, 0.29) is 103 Å². The van der Waals surface area contributed by atoms with Crippen molar-refractivity contribution >= 4 is 11.9 Å². The molecular weight excluding hydrogens is 394 g/mol. The number of rotatable bonds is 18. The van der Waals surface area contributed by atoms with E-state index in [1.165, 1.54) is 76.7 Å². The fourth-order valence-corrected chi connectivity index (χ4v) is 2.95. The van der Waals surface area contributed by atoms with Gasteiger partial charge in [-0.2, -0.15) is 0 Å². The van der Waals surface area contributed by atoms with Gasteiger partial charge in [0.2, 0.25) is 0 Å². The SMILES string of the molecule is CCCCCCCCCCCCCCC/C=C/C(CC(=O)[O-])C(=O)[O-].[K+].[K+]. The van der Waals surface area contributed by atoms with Crippen molar-refractivity contribution in [2.45, 2.75) is 103 Å². The van der Waals surface area contributed by atoms with Crippen molar-refractivity contribution in [1.29, 1.82) is 0 Å². The Kier molecular flexibility index (Phi) is 32.3. The van der Waals surface area contributed by atoms with Crippen molar-refractivity contribution in [2.24, 2.45) is 5.92 Å². The van der Waals surface area contributed by atoms with E-state index in [0.717, 1.165) is 19.3 Å². The molecular formula is C21H36K2O4. The third-order valence-electron chi connectivity index (χ3n) is 4.53. The smallest absolute Gasteiger partial charge is 0.550 e. The van der Waals surface area contributed by atoms with E-state index in [9.17, 15) is 19.8 Å². The molecule has 0 heterocycles. The number of allylic oxidation sites excluding steroid dienone is 1. The van der Waals surface area contributed by atoms with Crippen LogP contribution < -0.4 is 113 Å². The minimum absolute atomic E-state index is 0. The van der Waals surface area contributed by atoms with Crippen LogP contribution in [-0.2, 0) is 9.59 Å². The number of carboxylic acids is 2. The summed E-state index contributed by atoms with van der Waals surface area (Å²) < 4.78 is 0. The number of unbranched alkanes of at least 4 members (excludes halogenated alkanes) is 13.